The molecule has 1 heterocycles. The largest absolute Gasteiger partial charge is 0.382 e. The molecule has 1 aliphatic rings. The van der Waals surface area contributed by atoms with Crippen LogP contribution in [0.2, 0.25) is 0 Å². The summed E-state index contributed by atoms with van der Waals surface area (Å²) in [5.41, 5.74) is 2.74. The van der Waals surface area contributed by atoms with Crippen LogP contribution in [-0.4, -0.2) is 26.0 Å². The number of carbonyl (C=O) groups excluding carboxylic acids is 1. The molecule has 1 aromatic carbocycles. The predicted octanol–water partition coefficient (Wildman–Crippen LogP) is 0.884. The number of hydrogen-bond acceptors (Lipinski definition) is 3. The Labute approximate surface area is 82.7 Å². The molecular formula is C10H13N3O. The molecule has 2 rings (SSSR count). The first-order valence-corrected chi connectivity index (χ1v) is 4.65. The van der Waals surface area contributed by atoms with Gasteiger partial charge in [-0.15, -0.1) is 0 Å². The summed E-state index contributed by atoms with van der Waals surface area (Å²) in [5.74, 6) is -0.0554. The van der Waals surface area contributed by atoms with Gasteiger partial charge in [-0.05, 0) is 18.2 Å². The molecule has 0 saturated carbocycles. The van der Waals surface area contributed by atoms with Crippen LogP contribution in [0.1, 0.15) is 10.4 Å². The molecule has 0 aromatic heterocycles. The Morgan fingerprint density at radius 2 is 2.00 bits per heavy atom. The van der Waals surface area contributed by atoms with Gasteiger partial charge in [0.2, 0.25) is 0 Å². The first-order chi connectivity index (χ1) is 6.81. The third kappa shape index (κ3) is 1.51. The van der Waals surface area contributed by atoms with Crippen LogP contribution in [0, 0.1) is 0 Å². The first-order valence-electron chi connectivity index (χ1n) is 4.65. The molecule has 0 radical (unpaired) electrons. The minimum absolute atomic E-state index is 0.0554. The molecule has 0 saturated heterocycles. The van der Waals surface area contributed by atoms with Gasteiger partial charge in [0, 0.05) is 25.7 Å². The molecule has 0 bridgehead atoms. The molecule has 1 amide bonds. The highest BCUT2D eigenvalue weighted by atomic mass is 16.1. The highest BCUT2D eigenvalue weighted by Crippen LogP contribution is 2.25. The Hall–Kier alpha value is -1.71. The van der Waals surface area contributed by atoms with Crippen molar-refractivity contribution in [1.82, 2.24) is 5.32 Å². The maximum Gasteiger partial charge on any atom is 0.251 e. The zero-order valence-corrected chi connectivity index (χ0v) is 8.05. The number of fused-ring (bicyclic) bond motifs is 1. The number of hydrogen-bond donors (Lipinski definition) is 3. The van der Waals surface area contributed by atoms with E-state index in [1.54, 1.807) is 7.05 Å². The minimum atomic E-state index is -0.0554. The summed E-state index contributed by atoms with van der Waals surface area (Å²) in [4.78, 5) is 11.3. The number of carbonyl (C=O) groups is 1. The molecule has 74 valence electrons. The molecule has 3 N–H and O–H groups in total. The summed E-state index contributed by atoms with van der Waals surface area (Å²) >= 11 is 0. The topological polar surface area (TPSA) is 53.2 Å². The lowest BCUT2D eigenvalue weighted by Gasteiger charge is -2.20. The highest BCUT2D eigenvalue weighted by molar-refractivity contribution is 5.96. The molecule has 0 atom stereocenters. The van der Waals surface area contributed by atoms with E-state index in [0.29, 0.717) is 5.56 Å². The summed E-state index contributed by atoms with van der Waals surface area (Å²) in [7, 11) is 1.63. The van der Waals surface area contributed by atoms with Crippen LogP contribution in [0.5, 0.6) is 0 Å². The van der Waals surface area contributed by atoms with E-state index in [9.17, 15) is 4.79 Å². The molecule has 14 heavy (non-hydrogen) atoms. The average molecular weight is 191 g/mol. The summed E-state index contributed by atoms with van der Waals surface area (Å²) in [6, 6.07) is 5.60. The van der Waals surface area contributed by atoms with Crippen LogP contribution in [0.25, 0.3) is 0 Å². The molecule has 1 aliphatic heterocycles. The Morgan fingerprint density at radius 3 is 2.71 bits per heavy atom. The van der Waals surface area contributed by atoms with E-state index in [-0.39, 0.29) is 5.91 Å². The number of rotatable bonds is 1. The van der Waals surface area contributed by atoms with Crippen LogP contribution in [-0.2, 0) is 0 Å². The summed E-state index contributed by atoms with van der Waals surface area (Å²) < 4.78 is 0. The fraction of sp³-hybridized carbons (Fsp3) is 0.300. The molecule has 1 aromatic rings. The van der Waals surface area contributed by atoms with Crippen LogP contribution >= 0.6 is 0 Å². The zero-order chi connectivity index (χ0) is 9.97. The molecule has 0 aliphatic carbocycles. The van der Waals surface area contributed by atoms with Gasteiger partial charge in [-0.2, -0.15) is 0 Å². The molecule has 0 fully saturated rings. The van der Waals surface area contributed by atoms with Crippen molar-refractivity contribution in [3.8, 4) is 0 Å². The van der Waals surface area contributed by atoms with E-state index in [1.807, 2.05) is 18.2 Å². The van der Waals surface area contributed by atoms with Crippen molar-refractivity contribution in [2.24, 2.45) is 0 Å². The van der Waals surface area contributed by atoms with E-state index in [1.165, 1.54) is 0 Å². The van der Waals surface area contributed by atoms with Gasteiger partial charge in [0.25, 0.3) is 5.91 Å². The Kier molecular flexibility index (Phi) is 2.26. The second-order valence-corrected chi connectivity index (χ2v) is 3.19. The molecule has 0 unspecified atom stereocenters. The molecule has 0 spiro atoms. The summed E-state index contributed by atoms with van der Waals surface area (Å²) in [6.07, 6.45) is 0. The second kappa shape index (κ2) is 3.57. The number of nitrogens with one attached hydrogen (secondary N) is 3. The van der Waals surface area contributed by atoms with Gasteiger partial charge in [0.05, 0.1) is 11.4 Å². The van der Waals surface area contributed by atoms with Crippen molar-refractivity contribution >= 4 is 17.3 Å². The van der Waals surface area contributed by atoms with Gasteiger partial charge >= 0.3 is 0 Å². The van der Waals surface area contributed by atoms with Crippen molar-refractivity contribution in [2.75, 3.05) is 30.8 Å². The first kappa shape index (κ1) is 8.87. The van der Waals surface area contributed by atoms with E-state index in [0.717, 1.165) is 24.5 Å². The highest BCUT2D eigenvalue weighted by Gasteiger charge is 2.10. The summed E-state index contributed by atoms with van der Waals surface area (Å²) in [6.45, 7) is 1.82. The third-order valence-corrected chi connectivity index (χ3v) is 2.26. The SMILES string of the molecule is CNC(=O)c1ccc2c(c1)NCCN2. The van der Waals surface area contributed by atoms with Gasteiger partial charge in [-0.25, -0.2) is 0 Å². The van der Waals surface area contributed by atoms with Crippen molar-refractivity contribution in [3.63, 3.8) is 0 Å². The smallest absolute Gasteiger partial charge is 0.251 e. The van der Waals surface area contributed by atoms with Crippen LogP contribution in [0.15, 0.2) is 18.2 Å². The van der Waals surface area contributed by atoms with Crippen molar-refractivity contribution < 1.29 is 4.79 Å². The van der Waals surface area contributed by atoms with Crippen molar-refractivity contribution in [3.05, 3.63) is 23.8 Å². The van der Waals surface area contributed by atoms with Gasteiger partial charge in [-0.1, -0.05) is 0 Å². The third-order valence-electron chi connectivity index (χ3n) is 2.26. The van der Waals surface area contributed by atoms with Crippen LogP contribution in [0.4, 0.5) is 11.4 Å². The van der Waals surface area contributed by atoms with Crippen LogP contribution < -0.4 is 16.0 Å². The summed E-state index contributed by atoms with van der Waals surface area (Å²) in [5, 5.41) is 9.09. The Morgan fingerprint density at radius 1 is 1.29 bits per heavy atom. The van der Waals surface area contributed by atoms with E-state index >= 15 is 0 Å². The lowest BCUT2D eigenvalue weighted by atomic mass is 10.1. The molecule has 4 heteroatoms. The number of anilines is 2. The number of amides is 1. The monoisotopic (exact) mass is 191 g/mol. The molecule has 4 nitrogen and oxygen atoms in total. The van der Waals surface area contributed by atoms with Crippen LogP contribution in [0.3, 0.4) is 0 Å². The quantitative estimate of drug-likeness (QED) is 0.617. The average Bonchev–Trinajstić information content (AvgIpc) is 2.27. The Balaban J connectivity index is 2.33. The van der Waals surface area contributed by atoms with E-state index in [2.05, 4.69) is 16.0 Å². The lowest BCUT2D eigenvalue weighted by molar-refractivity contribution is 0.0963. The van der Waals surface area contributed by atoms with E-state index in [4.69, 9.17) is 0 Å². The van der Waals surface area contributed by atoms with Gasteiger partial charge in [0.1, 0.15) is 0 Å². The fourth-order valence-corrected chi connectivity index (χ4v) is 1.52. The fourth-order valence-electron chi connectivity index (χ4n) is 1.52. The van der Waals surface area contributed by atoms with Crippen molar-refractivity contribution in [1.29, 1.82) is 0 Å². The van der Waals surface area contributed by atoms with Gasteiger partial charge in [-0.3, -0.25) is 4.79 Å². The minimum Gasteiger partial charge on any atom is -0.382 e. The van der Waals surface area contributed by atoms with Gasteiger partial charge < -0.3 is 16.0 Å². The lowest BCUT2D eigenvalue weighted by Crippen LogP contribution is -2.22. The Bertz CT molecular complexity index is 362. The van der Waals surface area contributed by atoms with Crippen molar-refractivity contribution in [2.45, 2.75) is 0 Å². The maximum absolute atomic E-state index is 11.3. The normalized spacial score (nSPS) is 13.5. The van der Waals surface area contributed by atoms with Gasteiger partial charge in [0.15, 0.2) is 0 Å². The predicted molar refractivity (Wildman–Crippen MR) is 56.8 cm³/mol. The van der Waals surface area contributed by atoms with E-state index < -0.39 is 0 Å². The molecular weight excluding hydrogens is 178 g/mol. The standard InChI is InChI=1S/C10H13N3O/c1-11-10(14)7-2-3-8-9(6-7)13-5-4-12-8/h2-3,6,12-13H,4-5H2,1H3,(H,11,14). The number of benzene rings is 1. The zero-order valence-electron chi connectivity index (χ0n) is 8.05. The second-order valence-electron chi connectivity index (χ2n) is 3.19. The maximum atomic E-state index is 11.3.